The Morgan fingerprint density at radius 2 is 1.80 bits per heavy atom. The first-order valence-electron chi connectivity index (χ1n) is 15.0. The van der Waals surface area contributed by atoms with E-state index in [1.54, 1.807) is 66.4 Å². The number of β-lactam (4-membered cyclic amide) rings is 1. The van der Waals surface area contributed by atoms with Crippen LogP contribution in [0.25, 0.3) is 0 Å². The van der Waals surface area contributed by atoms with Crippen LogP contribution in [-0.2, 0) is 42.6 Å². The maximum atomic E-state index is 14.0. The molecule has 2 heterocycles. The van der Waals surface area contributed by atoms with E-state index in [9.17, 15) is 29.4 Å². The highest BCUT2D eigenvalue weighted by molar-refractivity contribution is 9.10. The van der Waals surface area contributed by atoms with Crippen molar-refractivity contribution in [3.63, 3.8) is 0 Å². The molecule has 1 unspecified atom stereocenters. The van der Waals surface area contributed by atoms with Gasteiger partial charge in [0.15, 0.2) is 11.8 Å². The van der Waals surface area contributed by atoms with E-state index in [2.05, 4.69) is 15.9 Å². The molecular weight excluding hydrogens is 654 g/mol. The van der Waals surface area contributed by atoms with Crippen LogP contribution in [0.15, 0.2) is 89.4 Å². The minimum Gasteiger partial charge on any atom is -0.441 e. The summed E-state index contributed by atoms with van der Waals surface area (Å²) in [5.41, 5.74) is 1.44. The number of rotatable bonds is 12. The summed E-state index contributed by atoms with van der Waals surface area (Å²) in [4.78, 5) is 55.1. The summed E-state index contributed by atoms with van der Waals surface area (Å²) in [5, 5.41) is 21.5. The number of hydrogen-bond donors (Lipinski definition) is 2. The van der Waals surface area contributed by atoms with Crippen molar-refractivity contribution in [3.8, 4) is 0 Å². The number of anilines is 2. The highest BCUT2D eigenvalue weighted by atomic mass is 79.9. The van der Waals surface area contributed by atoms with E-state index in [-0.39, 0.29) is 44.4 Å². The Kier molecular flexibility index (Phi) is 10.0. The molecule has 5 rings (SSSR count). The number of amides is 3. The number of hydrogen-bond acceptors (Lipinski definition) is 7. The topological polar surface area (TPSA) is 128 Å². The number of carbonyl (C=O) groups excluding carboxylic acids is 4. The maximum absolute atomic E-state index is 14.0. The SMILES string of the molecule is CC(=O)OC1CC(=O)N1c1ccc(CN2C(=O)[C@@](O)([C@@H](C)/C=C/CC(=O)N(CCO)Cc3ccccc3)c3cc(Br)ccc32)cc1. The van der Waals surface area contributed by atoms with Gasteiger partial charge in [0, 0.05) is 48.1 Å². The first-order valence-corrected chi connectivity index (χ1v) is 15.8. The Morgan fingerprint density at radius 1 is 1.09 bits per heavy atom. The Balaban J connectivity index is 1.30. The molecule has 3 amide bonds. The monoisotopic (exact) mass is 689 g/mol. The summed E-state index contributed by atoms with van der Waals surface area (Å²) in [6.45, 7) is 3.60. The molecule has 3 aromatic rings. The predicted molar refractivity (Wildman–Crippen MR) is 175 cm³/mol. The van der Waals surface area contributed by atoms with Crippen molar-refractivity contribution in [1.82, 2.24) is 4.90 Å². The number of benzene rings is 3. The van der Waals surface area contributed by atoms with Crippen molar-refractivity contribution in [2.24, 2.45) is 5.92 Å². The molecule has 0 spiro atoms. The molecule has 2 aliphatic heterocycles. The molecule has 3 aromatic carbocycles. The lowest BCUT2D eigenvalue weighted by Crippen LogP contribution is -2.54. The largest absolute Gasteiger partial charge is 0.441 e. The fourth-order valence-electron chi connectivity index (χ4n) is 5.86. The van der Waals surface area contributed by atoms with Crippen molar-refractivity contribution in [1.29, 1.82) is 0 Å². The van der Waals surface area contributed by atoms with Gasteiger partial charge in [-0.2, -0.15) is 0 Å². The number of aliphatic hydroxyl groups excluding tert-OH is 1. The molecule has 0 aliphatic carbocycles. The number of halogens is 1. The minimum absolute atomic E-state index is 0.0423. The number of esters is 1. The summed E-state index contributed by atoms with van der Waals surface area (Å²) >= 11 is 3.47. The second-order valence-corrected chi connectivity index (χ2v) is 12.4. The average molecular weight is 691 g/mol. The molecule has 0 saturated carbocycles. The molecule has 240 valence electrons. The number of fused-ring (bicyclic) bond motifs is 1. The maximum Gasteiger partial charge on any atom is 0.304 e. The minimum atomic E-state index is -1.88. The van der Waals surface area contributed by atoms with Crippen LogP contribution in [0.4, 0.5) is 11.4 Å². The van der Waals surface area contributed by atoms with Crippen molar-refractivity contribution >= 4 is 51.0 Å². The summed E-state index contributed by atoms with van der Waals surface area (Å²) in [6, 6.07) is 21.9. The molecule has 0 bridgehead atoms. The lowest BCUT2D eigenvalue weighted by Gasteiger charge is -2.39. The lowest BCUT2D eigenvalue weighted by atomic mass is 9.83. The van der Waals surface area contributed by atoms with Gasteiger partial charge in [-0.15, -0.1) is 0 Å². The molecule has 3 atom stereocenters. The molecule has 1 fully saturated rings. The van der Waals surface area contributed by atoms with E-state index in [1.165, 1.54) is 16.7 Å². The van der Waals surface area contributed by atoms with Gasteiger partial charge in [0.05, 0.1) is 25.3 Å². The van der Waals surface area contributed by atoms with Gasteiger partial charge in [-0.1, -0.05) is 77.5 Å². The zero-order valence-electron chi connectivity index (χ0n) is 25.6. The number of aliphatic hydroxyl groups is 2. The zero-order chi connectivity index (χ0) is 33.0. The highest BCUT2D eigenvalue weighted by Crippen LogP contribution is 2.47. The third-order valence-electron chi connectivity index (χ3n) is 8.31. The van der Waals surface area contributed by atoms with E-state index < -0.39 is 29.6 Å². The smallest absolute Gasteiger partial charge is 0.304 e. The molecule has 10 nitrogen and oxygen atoms in total. The summed E-state index contributed by atoms with van der Waals surface area (Å²) in [7, 11) is 0. The molecule has 11 heteroatoms. The second kappa shape index (κ2) is 14.0. The predicted octanol–water partition coefficient (Wildman–Crippen LogP) is 4.41. The van der Waals surface area contributed by atoms with E-state index in [0.717, 1.165) is 11.1 Å². The Morgan fingerprint density at radius 3 is 2.46 bits per heavy atom. The first-order chi connectivity index (χ1) is 22.0. The number of carbonyl (C=O) groups is 4. The third kappa shape index (κ3) is 6.76. The summed E-state index contributed by atoms with van der Waals surface area (Å²) in [6.07, 6.45) is 2.88. The number of nitrogens with zero attached hydrogens (tertiary/aromatic N) is 3. The first kappa shape index (κ1) is 33.1. The van der Waals surface area contributed by atoms with E-state index in [1.807, 2.05) is 30.3 Å². The van der Waals surface area contributed by atoms with Crippen molar-refractivity contribution < 1.29 is 34.1 Å². The van der Waals surface area contributed by atoms with Crippen molar-refractivity contribution in [2.75, 3.05) is 23.0 Å². The average Bonchev–Trinajstić information content (AvgIpc) is 3.23. The Hall–Kier alpha value is -4.32. The number of ether oxygens (including phenoxy) is 1. The normalized spacial score (nSPS) is 19.6. The molecule has 2 aliphatic rings. The standard InChI is InChI=1S/C35H36BrN3O7/c1-23(7-6-10-31(42)37(17-18-40)21-25-8-4-3-5-9-25)35(45)29-19-27(36)13-16-30(29)38(34(35)44)22-26-11-14-28(15-12-26)39-32(43)20-33(39)46-24(2)41/h3-9,11-16,19,23,33,40,45H,10,17-18,20-22H2,1-2H3/b7-6+/t23-,33?,35+/m0/s1. The van der Waals surface area contributed by atoms with E-state index in [0.29, 0.717) is 28.0 Å². The molecule has 0 aromatic heterocycles. The van der Waals surface area contributed by atoms with Crippen molar-refractivity contribution in [2.45, 2.75) is 51.6 Å². The van der Waals surface area contributed by atoms with Crippen LogP contribution in [0.2, 0.25) is 0 Å². The van der Waals surface area contributed by atoms with Gasteiger partial charge < -0.3 is 24.7 Å². The highest BCUT2D eigenvalue weighted by Gasteiger charge is 2.52. The van der Waals surface area contributed by atoms with E-state index in [4.69, 9.17) is 4.74 Å². The van der Waals surface area contributed by atoms with Crippen LogP contribution in [0.3, 0.4) is 0 Å². The van der Waals surface area contributed by atoms with Crippen LogP contribution < -0.4 is 9.80 Å². The van der Waals surface area contributed by atoms with Gasteiger partial charge in [-0.25, -0.2) is 0 Å². The van der Waals surface area contributed by atoms with Gasteiger partial charge in [0.1, 0.15) is 0 Å². The van der Waals surface area contributed by atoms with Crippen LogP contribution in [0.1, 0.15) is 43.4 Å². The van der Waals surface area contributed by atoms with Crippen LogP contribution in [-0.4, -0.2) is 58.2 Å². The van der Waals surface area contributed by atoms with Crippen LogP contribution >= 0.6 is 15.9 Å². The van der Waals surface area contributed by atoms with E-state index >= 15 is 0 Å². The van der Waals surface area contributed by atoms with Gasteiger partial charge in [-0.3, -0.25) is 24.1 Å². The fraction of sp³-hybridized carbons (Fsp3) is 0.314. The van der Waals surface area contributed by atoms with Gasteiger partial charge in [-0.05, 0) is 41.5 Å². The molecule has 46 heavy (non-hydrogen) atoms. The zero-order valence-corrected chi connectivity index (χ0v) is 27.2. The quantitative estimate of drug-likeness (QED) is 0.164. The lowest BCUT2D eigenvalue weighted by molar-refractivity contribution is -0.154. The van der Waals surface area contributed by atoms with Crippen LogP contribution in [0, 0.1) is 5.92 Å². The van der Waals surface area contributed by atoms with Gasteiger partial charge in [0.2, 0.25) is 11.8 Å². The summed E-state index contributed by atoms with van der Waals surface area (Å²) in [5.74, 6) is -1.97. The van der Waals surface area contributed by atoms with Crippen LogP contribution in [0.5, 0.6) is 0 Å². The van der Waals surface area contributed by atoms with Gasteiger partial charge in [0.25, 0.3) is 5.91 Å². The molecule has 2 N–H and O–H groups in total. The Bertz CT molecular complexity index is 1650. The van der Waals surface area contributed by atoms with Crippen molar-refractivity contribution in [3.05, 3.63) is 106 Å². The Labute approximate surface area is 276 Å². The fourth-order valence-corrected chi connectivity index (χ4v) is 6.22. The third-order valence-corrected chi connectivity index (χ3v) is 8.80. The van der Waals surface area contributed by atoms with Gasteiger partial charge >= 0.3 is 5.97 Å². The molecular formula is C35H36BrN3O7. The molecule has 1 saturated heterocycles. The second-order valence-electron chi connectivity index (χ2n) is 11.5. The molecule has 0 radical (unpaired) electrons. The summed E-state index contributed by atoms with van der Waals surface area (Å²) < 4.78 is 5.91.